The fraction of sp³-hybridized carbons (Fsp3) is 0. The summed E-state index contributed by atoms with van der Waals surface area (Å²) in [6, 6.07) is 46.1. The summed E-state index contributed by atoms with van der Waals surface area (Å²) in [6.45, 7) is 0. The molecule has 5 aromatic carbocycles. The van der Waals surface area contributed by atoms with Crippen LogP contribution in [0.5, 0.6) is 0 Å². The van der Waals surface area contributed by atoms with Crippen molar-refractivity contribution in [3.63, 3.8) is 0 Å². The first kappa shape index (κ1) is 25.9. The molecule has 0 aliphatic heterocycles. The van der Waals surface area contributed by atoms with Crippen LogP contribution in [0.25, 0.3) is 44.8 Å². The third-order valence-corrected chi connectivity index (χ3v) is 8.49. The van der Waals surface area contributed by atoms with Crippen LogP contribution in [-0.4, -0.2) is 9.97 Å². The Labute approximate surface area is 253 Å². The van der Waals surface area contributed by atoms with Crippen LogP contribution in [0.3, 0.4) is 0 Å². The standard InChI is InChI=1S/C36H26N4S2/c1-3-7-25(8-4-1)27-11-15-29(16-12-27)33-23-41-35(39-33)37-31-19-21-32(22-20-31)38-36-40-34(24-42-36)30-17-13-28(14-18-30)26-9-5-2-6-10-26/h1-24H,(H,37,39)(H,38,40). The highest BCUT2D eigenvalue weighted by atomic mass is 32.1. The third-order valence-electron chi connectivity index (χ3n) is 6.97. The van der Waals surface area contributed by atoms with Crippen LogP contribution in [0.1, 0.15) is 0 Å². The molecule has 42 heavy (non-hydrogen) atoms. The van der Waals surface area contributed by atoms with E-state index in [0.29, 0.717) is 0 Å². The van der Waals surface area contributed by atoms with Crippen molar-refractivity contribution in [3.05, 3.63) is 144 Å². The number of rotatable bonds is 8. The molecular weight excluding hydrogens is 553 g/mol. The van der Waals surface area contributed by atoms with E-state index in [9.17, 15) is 0 Å². The molecule has 0 fully saturated rings. The van der Waals surface area contributed by atoms with Gasteiger partial charge in [0, 0.05) is 33.3 Å². The lowest BCUT2D eigenvalue weighted by atomic mass is 10.0. The summed E-state index contributed by atoms with van der Waals surface area (Å²) in [5.41, 5.74) is 10.9. The lowest BCUT2D eigenvalue weighted by Gasteiger charge is -2.06. The fourth-order valence-corrected chi connectivity index (χ4v) is 6.22. The van der Waals surface area contributed by atoms with Gasteiger partial charge in [-0.05, 0) is 46.5 Å². The lowest BCUT2D eigenvalue weighted by Crippen LogP contribution is -1.92. The molecule has 0 unspecified atom stereocenters. The molecule has 0 saturated heterocycles. The second-order valence-corrected chi connectivity index (χ2v) is 11.5. The van der Waals surface area contributed by atoms with Gasteiger partial charge < -0.3 is 10.6 Å². The van der Waals surface area contributed by atoms with E-state index < -0.39 is 0 Å². The van der Waals surface area contributed by atoms with E-state index in [2.05, 4.69) is 143 Å². The van der Waals surface area contributed by atoms with Crippen molar-refractivity contribution >= 4 is 44.3 Å². The van der Waals surface area contributed by atoms with E-state index in [1.54, 1.807) is 22.7 Å². The summed E-state index contributed by atoms with van der Waals surface area (Å²) in [5, 5.41) is 12.8. The highest BCUT2D eigenvalue weighted by molar-refractivity contribution is 7.14. The predicted molar refractivity (Wildman–Crippen MR) is 179 cm³/mol. The van der Waals surface area contributed by atoms with Gasteiger partial charge in [-0.15, -0.1) is 22.7 Å². The van der Waals surface area contributed by atoms with Crippen molar-refractivity contribution < 1.29 is 0 Å². The Hall–Kier alpha value is -5.04. The van der Waals surface area contributed by atoms with E-state index in [-0.39, 0.29) is 0 Å². The number of hydrogen-bond donors (Lipinski definition) is 2. The van der Waals surface area contributed by atoms with Crippen LogP contribution in [0.4, 0.5) is 21.6 Å². The highest BCUT2D eigenvalue weighted by Gasteiger charge is 2.08. The maximum atomic E-state index is 4.81. The van der Waals surface area contributed by atoms with Crippen molar-refractivity contribution in [2.75, 3.05) is 10.6 Å². The van der Waals surface area contributed by atoms with Crippen LogP contribution in [-0.2, 0) is 0 Å². The van der Waals surface area contributed by atoms with E-state index in [0.717, 1.165) is 44.2 Å². The van der Waals surface area contributed by atoms with E-state index in [1.165, 1.54) is 22.3 Å². The van der Waals surface area contributed by atoms with Crippen molar-refractivity contribution in [3.8, 4) is 44.8 Å². The minimum absolute atomic E-state index is 0.862. The molecule has 7 rings (SSSR count). The second-order valence-electron chi connectivity index (χ2n) is 9.79. The first-order chi connectivity index (χ1) is 20.8. The molecule has 7 aromatic rings. The number of nitrogens with one attached hydrogen (secondary N) is 2. The van der Waals surface area contributed by atoms with Crippen molar-refractivity contribution in [2.24, 2.45) is 0 Å². The summed E-state index contributed by atoms with van der Waals surface area (Å²) in [6.07, 6.45) is 0. The maximum absolute atomic E-state index is 4.81. The zero-order valence-electron chi connectivity index (χ0n) is 22.6. The topological polar surface area (TPSA) is 49.8 Å². The smallest absolute Gasteiger partial charge is 0.187 e. The van der Waals surface area contributed by atoms with Crippen LogP contribution in [0.15, 0.2) is 144 Å². The number of anilines is 4. The molecule has 0 amide bonds. The Morgan fingerprint density at radius 2 is 0.690 bits per heavy atom. The highest BCUT2D eigenvalue weighted by Crippen LogP contribution is 2.31. The Morgan fingerprint density at radius 1 is 0.357 bits per heavy atom. The quantitative estimate of drug-likeness (QED) is 0.188. The summed E-state index contributed by atoms with van der Waals surface area (Å²) >= 11 is 3.20. The number of hydrogen-bond acceptors (Lipinski definition) is 6. The van der Waals surface area contributed by atoms with Gasteiger partial charge in [-0.3, -0.25) is 0 Å². The molecule has 2 aromatic heterocycles. The Kier molecular flexibility index (Phi) is 7.29. The molecular formula is C36H26N4S2. The molecule has 0 aliphatic rings. The first-order valence-electron chi connectivity index (χ1n) is 13.6. The van der Waals surface area contributed by atoms with Gasteiger partial charge in [0.2, 0.25) is 0 Å². The zero-order valence-corrected chi connectivity index (χ0v) is 24.2. The monoisotopic (exact) mass is 578 g/mol. The maximum Gasteiger partial charge on any atom is 0.187 e. The minimum Gasteiger partial charge on any atom is -0.332 e. The van der Waals surface area contributed by atoms with Crippen molar-refractivity contribution in [2.45, 2.75) is 0 Å². The Morgan fingerprint density at radius 3 is 1.07 bits per heavy atom. The molecule has 202 valence electrons. The number of aromatic nitrogens is 2. The number of nitrogens with zero attached hydrogens (tertiary/aromatic N) is 2. The zero-order chi connectivity index (χ0) is 28.1. The van der Waals surface area contributed by atoms with E-state index in [1.807, 2.05) is 12.1 Å². The third kappa shape index (κ3) is 5.86. The number of thiazole rings is 2. The molecule has 0 radical (unpaired) electrons. The molecule has 2 N–H and O–H groups in total. The van der Waals surface area contributed by atoms with Gasteiger partial charge >= 0.3 is 0 Å². The molecule has 0 atom stereocenters. The number of benzene rings is 5. The molecule has 0 spiro atoms. The lowest BCUT2D eigenvalue weighted by molar-refractivity contribution is 1.37. The normalized spacial score (nSPS) is 10.9. The van der Waals surface area contributed by atoms with E-state index in [4.69, 9.17) is 9.97 Å². The predicted octanol–water partition coefficient (Wildman–Crippen LogP) is 10.8. The fourth-order valence-electron chi connectivity index (χ4n) is 4.74. The van der Waals surface area contributed by atoms with Crippen molar-refractivity contribution in [1.82, 2.24) is 9.97 Å². The summed E-state index contributed by atoms with van der Waals surface area (Å²) in [4.78, 5) is 9.61. The van der Waals surface area contributed by atoms with Gasteiger partial charge in [-0.25, -0.2) is 9.97 Å². The van der Waals surface area contributed by atoms with Crippen molar-refractivity contribution in [1.29, 1.82) is 0 Å². The Balaban J connectivity index is 0.971. The first-order valence-corrected chi connectivity index (χ1v) is 15.4. The van der Waals surface area contributed by atoms with Gasteiger partial charge in [0.15, 0.2) is 10.3 Å². The molecule has 0 aliphatic carbocycles. The minimum atomic E-state index is 0.862. The van der Waals surface area contributed by atoms with Gasteiger partial charge in [0.25, 0.3) is 0 Å². The summed E-state index contributed by atoms with van der Waals surface area (Å²) in [5.74, 6) is 0. The van der Waals surface area contributed by atoms with Gasteiger partial charge in [-0.1, -0.05) is 109 Å². The van der Waals surface area contributed by atoms with Crippen LogP contribution >= 0.6 is 22.7 Å². The molecule has 0 saturated carbocycles. The molecule has 4 nitrogen and oxygen atoms in total. The second kappa shape index (κ2) is 11.8. The van der Waals surface area contributed by atoms with Gasteiger partial charge in [0.05, 0.1) is 11.4 Å². The molecule has 0 bridgehead atoms. The Bertz CT molecular complexity index is 1750. The largest absolute Gasteiger partial charge is 0.332 e. The summed E-state index contributed by atoms with van der Waals surface area (Å²) in [7, 11) is 0. The molecule has 6 heteroatoms. The van der Waals surface area contributed by atoms with Gasteiger partial charge in [0.1, 0.15) is 0 Å². The average Bonchev–Trinajstić information content (AvgIpc) is 3.73. The van der Waals surface area contributed by atoms with Gasteiger partial charge in [-0.2, -0.15) is 0 Å². The summed E-state index contributed by atoms with van der Waals surface area (Å²) < 4.78 is 0. The average molecular weight is 579 g/mol. The van der Waals surface area contributed by atoms with Crippen LogP contribution in [0, 0.1) is 0 Å². The van der Waals surface area contributed by atoms with Crippen LogP contribution in [0.2, 0.25) is 0 Å². The van der Waals surface area contributed by atoms with Crippen LogP contribution < -0.4 is 10.6 Å². The SMILES string of the molecule is c1ccc(-c2ccc(-c3csc(Nc4ccc(Nc5nc(-c6ccc(-c7ccccc7)cc6)cs5)cc4)n3)cc2)cc1. The van der Waals surface area contributed by atoms with E-state index >= 15 is 0 Å². The molecule has 2 heterocycles.